The Morgan fingerprint density at radius 2 is 1.89 bits per heavy atom. The number of carbonyl (C=O) groups excluding carboxylic acids is 2. The Morgan fingerprint density at radius 1 is 1.26 bits per heavy atom. The van der Waals surface area contributed by atoms with Crippen LogP contribution in [-0.4, -0.2) is 39.6 Å². The van der Waals surface area contributed by atoms with Crippen LogP contribution in [0.25, 0.3) is 0 Å². The number of hydrogen-bond donors (Lipinski definition) is 0. The van der Waals surface area contributed by atoms with Gasteiger partial charge in [-0.2, -0.15) is 0 Å². The lowest BCUT2D eigenvalue weighted by Gasteiger charge is -2.37. The highest BCUT2D eigenvalue weighted by atomic mass is 28.4. The van der Waals surface area contributed by atoms with Crippen molar-refractivity contribution in [2.45, 2.75) is 57.5 Å². The normalized spacial score (nSPS) is 23.1. The zero-order valence-corrected chi connectivity index (χ0v) is 17.9. The summed E-state index contributed by atoms with van der Waals surface area (Å²) in [5.74, 6) is -0.589. The monoisotopic (exact) mass is 390 g/mol. The molecule has 6 heteroatoms. The molecule has 1 fully saturated rings. The molecule has 0 radical (unpaired) electrons. The van der Waals surface area contributed by atoms with Crippen molar-refractivity contribution in [3.63, 3.8) is 0 Å². The summed E-state index contributed by atoms with van der Waals surface area (Å²) < 4.78 is 17.2. The van der Waals surface area contributed by atoms with Crippen LogP contribution in [0.5, 0.6) is 0 Å². The van der Waals surface area contributed by atoms with Gasteiger partial charge in [-0.05, 0) is 35.8 Å². The van der Waals surface area contributed by atoms with Gasteiger partial charge in [0.25, 0.3) is 6.47 Å². The third kappa shape index (κ3) is 5.08. The molecule has 1 aliphatic rings. The van der Waals surface area contributed by atoms with Gasteiger partial charge in [-0.3, -0.25) is 4.79 Å². The van der Waals surface area contributed by atoms with Crippen LogP contribution in [0, 0.1) is 5.92 Å². The Balaban J connectivity index is 2.13. The highest BCUT2D eigenvalue weighted by Gasteiger charge is 2.44. The van der Waals surface area contributed by atoms with Gasteiger partial charge in [0.05, 0.1) is 5.56 Å². The second-order valence-electron chi connectivity index (χ2n) is 8.52. The summed E-state index contributed by atoms with van der Waals surface area (Å²) in [4.78, 5) is 23.3. The lowest BCUT2D eigenvalue weighted by atomic mass is 10.0. The fourth-order valence-corrected chi connectivity index (χ4v) is 3.88. The average molecular weight is 391 g/mol. The number of hydrogen-bond acceptors (Lipinski definition) is 5. The van der Waals surface area contributed by atoms with Crippen LogP contribution >= 0.6 is 0 Å². The third-order valence-corrected chi connectivity index (χ3v) is 10.2. The molecule has 0 heterocycles. The van der Waals surface area contributed by atoms with Gasteiger partial charge < -0.3 is 13.9 Å². The van der Waals surface area contributed by atoms with Crippen molar-refractivity contribution >= 4 is 20.8 Å². The molecule has 0 spiro atoms. The van der Waals surface area contributed by atoms with Crippen molar-refractivity contribution in [2.24, 2.45) is 5.92 Å². The Labute approximate surface area is 162 Å². The van der Waals surface area contributed by atoms with Crippen LogP contribution < -0.4 is 0 Å². The summed E-state index contributed by atoms with van der Waals surface area (Å²) in [5, 5.41) is 0.0713. The van der Waals surface area contributed by atoms with Crippen molar-refractivity contribution < 1.29 is 23.5 Å². The smallest absolute Gasteiger partial charge is 0.338 e. The zero-order chi connectivity index (χ0) is 20.2. The minimum atomic E-state index is -1.97. The first-order chi connectivity index (χ1) is 12.6. The first-order valence-corrected chi connectivity index (χ1v) is 12.2. The van der Waals surface area contributed by atoms with Gasteiger partial charge in [0.2, 0.25) is 0 Å². The summed E-state index contributed by atoms with van der Waals surface area (Å²) in [6.07, 6.45) is -0.481. The first-order valence-electron chi connectivity index (χ1n) is 9.24. The van der Waals surface area contributed by atoms with Crippen LogP contribution in [0.4, 0.5) is 0 Å². The van der Waals surface area contributed by atoms with E-state index in [0.29, 0.717) is 25.1 Å². The molecule has 1 aromatic rings. The van der Waals surface area contributed by atoms with Gasteiger partial charge in [-0.25, -0.2) is 4.79 Å². The van der Waals surface area contributed by atoms with Gasteiger partial charge in [-0.1, -0.05) is 45.5 Å². The molecule has 2 rings (SSSR count). The molecule has 3 atom stereocenters. The fraction of sp³-hybridized carbons (Fsp3) is 0.524. The van der Waals surface area contributed by atoms with E-state index in [-0.39, 0.29) is 11.0 Å². The lowest BCUT2D eigenvalue weighted by molar-refractivity contribution is -0.132. The topological polar surface area (TPSA) is 61.8 Å². The Kier molecular flexibility index (Phi) is 6.65. The zero-order valence-electron chi connectivity index (χ0n) is 16.9. The summed E-state index contributed by atoms with van der Waals surface area (Å²) in [6, 6.07) is 8.86. The molecule has 0 aliphatic heterocycles. The van der Waals surface area contributed by atoms with Crippen LogP contribution in [-0.2, 0) is 18.7 Å². The Morgan fingerprint density at radius 3 is 2.44 bits per heavy atom. The second-order valence-corrected chi connectivity index (χ2v) is 13.3. The second kappa shape index (κ2) is 8.40. The third-order valence-electron chi connectivity index (χ3n) is 5.70. The minimum Gasteiger partial charge on any atom is -0.460 e. The summed E-state index contributed by atoms with van der Waals surface area (Å²) >= 11 is 0. The van der Waals surface area contributed by atoms with Crippen LogP contribution in [0.15, 0.2) is 42.5 Å². The number of ether oxygens (including phenoxy) is 2. The minimum absolute atomic E-state index is 0.0713. The molecule has 148 valence electrons. The fourth-order valence-electron chi connectivity index (χ4n) is 2.85. The predicted octanol–water partition coefficient (Wildman–Crippen LogP) is 4.35. The molecular formula is C21H30O5Si. The molecule has 0 saturated heterocycles. The van der Waals surface area contributed by atoms with Crippen molar-refractivity contribution in [1.29, 1.82) is 0 Å². The quantitative estimate of drug-likeness (QED) is 0.300. The van der Waals surface area contributed by atoms with E-state index in [1.807, 2.05) is 6.07 Å². The van der Waals surface area contributed by atoms with Gasteiger partial charge in [0.15, 0.2) is 8.32 Å². The Bertz CT molecular complexity index is 678. The van der Waals surface area contributed by atoms with E-state index < -0.39 is 26.5 Å². The van der Waals surface area contributed by atoms with E-state index in [4.69, 9.17) is 13.9 Å². The SMILES string of the molecule is C=C1[C@H](OC=O)C[C@H](OC(=O)c2ccccc2)[C@H]1CO[Si](C)(C)C(C)(C)C. The van der Waals surface area contributed by atoms with Crippen LogP contribution in [0.1, 0.15) is 37.6 Å². The molecule has 1 aliphatic carbocycles. The van der Waals surface area contributed by atoms with Crippen molar-refractivity contribution in [3.05, 3.63) is 48.0 Å². The maximum absolute atomic E-state index is 12.5. The largest absolute Gasteiger partial charge is 0.460 e. The Hall–Kier alpha value is -1.92. The summed E-state index contributed by atoms with van der Waals surface area (Å²) in [6.45, 7) is 15.8. The van der Waals surface area contributed by atoms with Crippen molar-refractivity contribution in [3.8, 4) is 0 Å². The number of benzene rings is 1. The molecule has 5 nitrogen and oxygen atoms in total. The van der Waals surface area contributed by atoms with E-state index in [1.165, 1.54) is 0 Å². The van der Waals surface area contributed by atoms with E-state index >= 15 is 0 Å². The van der Waals surface area contributed by atoms with Gasteiger partial charge >= 0.3 is 5.97 Å². The molecule has 0 amide bonds. The van der Waals surface area contributed by atoms with Crippen LogP contribution in [0.2, 0.25) is 18.1 Å². The molecule has 0 aromatic heterocycles. The summed E-state index contributed by atoms with van der Waals surface area (Å²) in [5.41, 5.74) is 1.23. The standard InChI is InChI=1S/C21H30O5Si/c1-15-17(13-25-27(5,6)21(2,3)4)19(12-18(15)24-14-22)26-20(23)16-10-8-7-9-11-16/h7-11,14,17-19H,1,12-13H2,2-6H3/t17-,18+,19-/m0/s1. The maximum atomic E-state index is 12.5. The number of rotatable bonds is 7. The maximum Gasteiger partial charge on any atom is 0.338 e. The van der Waals surface area contributed by atoms with Gasteiger partial charge in [-0.15, -0.1) is 0 Å². The molecule has 0 N–H and O–H groups in total. The van der Waals surface area contributed by atoms with E-state index in [9.17, 15) is 9.59 Å². The molecule has 1 saturated carbocycles. The van der Waals surface area contributed by atoms with E-state index in [1.54, 1.807) is 24.3 Å². The number of carbonyl (C=O) groups is 2. The molecule has 1 aromatic carbocycles. The molecule has 0 bridgehead atoms. The van der Waals surface area contributed by atoms with Crippen molar-refractivity contribution in [1.82, 2.24) is 0 Å². The molecule has 0 unspecified atom stereocenters. The van der Waals surface area contributed by atoms with E-state index in [0.717, 1.165) is 5.57 Å². The number of esters is 1. The van der Waals surface area contributed by atoms with Gasteiger partial charge in [0.1, 0.15) is 12.2 Å². The predicted molar refractivity (Wildman–Crippen MR) is 107 cm³/mol. The average Bonchev–Trinajstić information content (AvgIpc) is 2.88. The first kappa shape index (κ1) is 21.4. The summed E-state index contributed by atoms with van der Waals surface area (Å²) in [7, 11) is -1.97. The highest BCUT2D eigenvalue weighted by Crippen LogP contribution is 2.40. The van der Waals surface area contributed by atoms with Crippen molar-refractivity contribution in [2.75, 3.05) is 6.61 Å². The lowest BCUT2D eigenvalue weighted by Crippen LogP contribution is -2.43. The molecular weight excluding hydrogens is 360 g/mol. The molecule has 27 heavy (non-hydrogen) atoms. The van der Waals surface area contributed by atoms with Gasteiger partial charge in [0, 0.05) is 18.9 Å². The highest BCUT2D eigenvalue weighted by molar-refractivity contribution is 6.74. The van der Waals surface area contributed by atoms with Crippen LogP contribution in [0.3, 0.4) is 0 Å². The van der Waals surface area contributed by atoms with E-state index in [2.05, 4.69) is 40.4 Å².